The Morgan fingerprint density at radius 3 is 2.92 bits per heavy atom. The van der Waals surface area contributed by atoms with Crippen LogP contribution < -0.4 is 11.1 Å². The molecule has 0 radical (unpaired) electrons. The maximum absolute atomic E-state index is 8.68. The molecule has 1 unspecified atom stereocenters. The van der Waals surface area contributed by atoms with Gasteiger partial charge in [0, 0.05) is 12.6 Å². The first-order valence-corrected chi connectivity index (χ1v) is 4.31. The molecule has 0 saturated heterocycles. The van der Waals surface area contributed by atoms with E-state index in [0.717, 1.165) is 12.1 Å². The summed E-state index contributed by atoms with van der Waals surface area (Å²) in [5, 5.41) is 11.9. The van der Waals surface area contributed by atoms with E-state index in [1.54, 1.807) is 12.3 Å². The van der Waals surface area contributed by atoms with Crippen LogP contribution in [-0.4, -0.2) is 22.7 Å². The quantitative estimate of drug-likeness (QED) is 0.644. The fraction of sp³-hybridized carbons (Fsp3) is 0.444. The van der Waals surface area contributed by atoms with Gasteiger partial charge in [0.2, 0.25) is 0 Å². The third kappa shape index (κ3) is 3.29. The monoisotopic (exact) mass is 181 g/mol. The number of pyridine rings is 1. The molecule has 4 nitrogen and oxygen atoms in total. The third-order valence-corrected chi connectivity index (χ3v) is 1.76. The number of nitrogen functional groups attached to an aromatic ring is 1. The van der Waals surface area contributed by atoms with Crippen molar-refractivity contribution in [3.63, 3.8) is 0 Å². The Labute approximate surface area is 77.8 Å². The smallest absolute Gasteiger partial charge is 0.123 e. The van der Waals surface area contributed by atoms with Crippen LogP contribution in [0.2, 0.25) is 0 Å². The van der Waals surface area contributed by atoms with Crippen molar-refractivity contribution in [1.82, 2.24) is 4.98 Å². The molecule has 1 aromatic rings. The van der Waals surface area contributed by atoms with Gasteiger partial charge in [0.25, 0.3) is 0 Å². The molecule has 4 heteroatoms. The minimum Gasteiger partial charge on any atom is -0.396 e. The lowest BCUT2D eigenvalue weighted by Gasteiger charge is -2.13. The topological polar surface area (TPSA) is 71.2 Å². The predicted molar refractivity (Wildman–Crippen MR) is 53.4 cm³/mol. The maximum atomic E-state index is 8.68. The van der Waals surface area contributed by atoms with Gasteiger partial charge in [-0.05, 0) is 25.5 Å². The van der Waals surface area contributed by atoms with Crippen LogP contribution in [0.25, 0.3) is 0 Å². The highest BCUT2D eigenvalue weighted by molar-refractivity contribution is 5.45. The number of aliphatic hydroxyl groups excluding tert-OH is 1. The van der Waals surface area contributed by atoms with E-state index in [1.165, 1.54) is 0 Å². The van der Waals surface area contributed by atoms with Crippen molar-refractivity contribution in [2.45, 2.75) is 19.4 Å². The van der Waals surface area contributed by atoms with Crippen LogP contribution in [0.5, 0.6) is 0 Å². The van der Waals surface area contributed by atoms with Gasteiger partial charge < -0.3 is 16.2 Å². The minimum atomic E-state index is 0.191. The molecule has 0 aliphatic heterocycles. The van der Waals surface area contributed by atoms with E-state index in [2.05, 4.69) is 10.3 Å². The number of hydrogen-bond donors (Lipinski definition) is 3. The number of nitrogens with zero attached hydrogens (tertiary/aromatic N) is 1. The molecule has 0 aliphatic rings. The Balaban J connectivity index is 2.49. The summed E-state index contributed by atoms with van der Waals surface area (Å²) in [6, 6.07) is 3.86. The summed E-state index contributed by atoms with van der Waals surface area (Å²) >= 11 is 0. The van der Waals surface area contributed by atoms with Gasteiger partial charge in [-0.3, -0.25) is 0 Å². The average molecular weight is 181 g/mol. The average Bonchev–Trinajstić information content (AvgIpc) is 2.09. The van der Waals surface area contributed by atoms with Gasteiger partial charge in [-0.25, -0.2) is 4.98 Å². The van der Waals surface area contributed by atoms with Crippen molar-refractivity contribution >= 4 is 11.5 Å². The van der Waals surface area contributed by atoms with Gasteiger partial charge in [0.1, 0.15) is 5.82 Å². The van der Waals surface area contributed by atoms with Crippen molar-refractivity contribution < 1.29 is 5.11 Å². The Hall–Kier alpha value is -1.29. The molecule has 0 spiro atoms. The minimum absolute atomic E-state index is 0.191. The SMILES string of the molecule is CC(CCO)Nc1ccc(N)nc1. The molecule has 0 aliphatic carbocycles. The first-order chi connectivity index (χ1) is 6.22. The maximum Gasteiger partial charge on any atom is 0.123 e. The van der Waals surface area contributed by atoms with E-state index >= 15 is 0 Å². The summed E-state index contributed by atoms with van der Waals surface area (Å²) in [6.07, 6.45) is 2.41. The van der Waals surface area contributed by atoms with Crippen molar-refractivity contribution in [1.29, 1.82) is 0 Å². The summed E-state index contributed by atoms with van der Waals surface area (Å²) in [4.78, 5) is 3.95. The molecule has 1 rings (SSSR count). The molecule has 1 aromatic heterocycles. The summed E-state index contributed by atoms with van der Waals surface area (Å²) in [7, 11) is 0. The highest BCUT2D eigenvalue weighted by Gasteiger charge is 2.00. The van der Waals surface area contributed by atoms with E-state index in [4.69, 9.17) is 10.8 Å². The highest BCUT2D eigenvalue weighted by atomic mass is 16.3. The fourth-order valence-electron chi connectivity index (χ4n) is 1.04. The van der Waals surface area contributed by atoms with Gasteiger partial charge in [-0.2, -0.15) is 0 Å². The zero-order valence-corrected chi connectivity index (χ0v) is 7.70. The van der Waals surface area contributed by atoms with Crippen molar-refractivity contribution in [3.8, 4) is 0 Å². The van der Waals surface area contributed by atoms with Crippen molar-refractivity contribution in [2.75, 3.05) is 17.7 Å². The molecule has 72 valence electrons. The molecule has 0 bridgehead atoms. The zero-order chi connectivity index (χ0) is 9.68. The summed E-state index contributed by atoms with van der Waals surface area (Å²) in [5.74, 6) is 0.514. The number of nitrogens with two attached hydrogens (primary N) is 1. The summed E-state index contributed by atoms with van der Waals surface area (Å²) in [5.41, 5.74) is 6.36. The molecule has 0 fully saturated rings. The molecule has 1 heterocycles. The Morgan fingerprint density at radius 1 is 1.62 bits per heavy atom. The summed E-state index contributed by atoms with van der Waals surface area (Å²) in [6.45, 7) is 2.20. The van der Waals surface area contributed by atoms with Crippen LogP contribution in [0.1, 0.15) is 13.3 Å². The first-order valence-electron chi connectivity index (χ1n) is 4.31. The second kappa shape index (κ2) is 4.67. The lowest BCUT2D eigenvalue weighted by atomic mass is 10.2. The number of aliphatic hydroxyl groups is 1. The van der Waals surface area contributed by atoms with E-state index < -0.39 is 0 Å². The van der Waals surface area contributed by atoms with Crippen LogP contribution in [0.4, 0.5) is 11.5 Å². The Kier molecular flexibility index (Phi) is 3.52. The van der Waals surface area contributed by atoms with Gasteiger partial charge in [0.15, 0.2) is 0 Å². The molecular formula is C9H15N3O. The standard InChI is InChI=1S/C9H15N3O/c1-7(4-5-13)12-8-2-3-9(10)11-6-8/h2-3,6-7,12-13H,4-5H2,1H3,(H2,10,11). The normalized spacial score (nSPS) is 12.5. The summed E-state index contributed by atoms with van der Waals surface area (Å²) < 4.78 is 0. The second-order valence-electron chi connectivity index (χ2n) is 3.03. The number of hydrogen-bond acceptors (Lipinski definition) is 4. The number of aromatic nitrogens is 1. The molecule has 4 N–H and O–H groups in total. The molecule has 1 atom stereocenters. The number of rotatable bonds is 4. The van der Waals surface area contributed by atoms with Gasteiger partial charge in [0.05, 0.1) is 11.9 Å². The van der Waals surface area contributed by atoms with Gasteiger partial charge in [-0.15, -0.1) is 0 Å². The highest BCUT2D eigenvalue weighted by Crippen LogP contribution is 2.09. The van der Waals surface area contributed by atoms with Crippen LogP contribution in [-0.2, 0) is 0 Å². The lowest BCUT2D eigenvalue weighted by Crippen LogP contribution is -2.16. The van der Waals surface area contributed by atoms with E-state index in [9.17, 15) is 0 Å². The van der Waals surface area contributed by atoms with Crippen LogP contribution in [0, 0.1) is 0 Å². The van der Waals surface area contributed by atoms with Gasteiger partial charge in [-0.1, -0.05) is 0 Å². The third-order valence-electron chi connectivity index (χ3n) is 1.76. The van der Waals surface area contributed by atoms with Gasteiger partial charge >= 0.3 is 0 Å². The predicted octanol–water partition coefficient (Wildman–Crippen LogP) is 0.847. The Morgan fingerprint density at radius 2 is 2.38 bits per heavy atom. The second-order valence-corrected chi connectivity index (χ2v) is 3.03. The molecule has 13 heavy (non-hydrogen) atoms. The van der Waals surface area contributed by atoms with E-state index in [0.29, 0.717) is 5.82 Å². The van der Waals surface area contributed by atoms with E-state index in [-0.39, 0.29) is 12.6 Å². The van der Waals surface area contributed by atoms with Crippen LogP contribution in [0.3, 0.4) is 0 Å². The molecule has 0 saturated carbocycles. The molecular weight excluding hydrogens is 166 g/mol. The lowest BCUT2D eigenvalue weighted by molar-refractivity contribution is 0.282. The van der Waals surface area contributed by atoms with Crippen molar-refractivity contribution in [3.05, 3.63) is 18.3 Å². The largest absolute Gasteiger partial charge is 0.396 e. The first kappa shape index (κ1) is 9.80. The van der Waals surface area contributed by atoms with E-state index in [1.807, 2.05) is 13.0 Å². The number of anilines is 2. The number of nitrogens with one attached hydrogen (secondary N) is 1. The molecule has 0 amide bonds. The van der Waals surface area contributed by atoms with Crippen LogP contribution in [0.15, 0.2) is 18.3 Å². The fourth-order valence-corrected chi connectivity index (χ4v) is 1.04. The van der Waals surface area contributed by atoms with Crippen molar-refractivity contribution in [2.24, 2.45) is 0 Å². The Bertz CT molecular complexity index is 248. The van der Waals surface area contributed by atoms with Crippen LogP contribution >= 0.6 is 0 Å². The zero-order valence-electron chi connectivity index (χ0n) is 7.70. The molecule has 0 aromatic carbocycles.